The van der Waals surface area contributed by atoms with Gasteiger partial charge in [0.1, 0.15) is 5.82 Å². The normalized spacial score (nSPS) is 16.0. The van der Waals surface area contributed by atoms with Gasteiger partial charge in [0.05, 0.1) is 17.6 Å². The number of nitrogens with one attached hydrogen (secondary N) is 3. The summed E-state index contributed by atoms with van der Waals surface area (Å²) in [4.78, 5) is 12.1. The lowest BCUT2D eigenvalue weighted by molar-refractivity contribution is 0.250. The Labute approximate surface area is 141 Å². The number of halogens is 1. The largest absolute Gasteiger partial charge is 0.332 e. The predicted molar refractivity (Wildman–Crippen MR) is 93.0 cm³/mol. The van der Waals surface area contributed by atoms with Crippen molar-refractivity contribution < 1.29 is 17.6 Å². The molecule has 0 radical (unpaired) electrons. The Hall–Kier alpha value is -2.09. The van der Waals surface area contributed by atoms with Crippen LogP contribution in [-0.4, -0.2) is 26.7 Å². The van der Waals surface area contributed by atoms with E-state index >= 15 is 0 Å². The first-order chi connectivity index (χ1) is 11.2. The number of sulfonamides is 1. The molecule has 1 aromatic carbocycles. The number of allylic oxidation sites excluding steroid dienone is 1. The summed E-state index contributed by atoms with van der Waals surface area (Å²) in [7, 11) is -3.48. The standard InChI is InChI=1S/C16H22FN3O3S/c1-11(12-6-4-3-5-7-12)18-16(21)19-15-10-13(8-9-14(15)17)20-24(2,22)23/h6,8-11,20H,3-5,7H2,1-2H3,(H2,18,19,21)/t11-/m1/s1. The Balaban J connectivity index is 2.02. The number of carbonyl (C=O) groups excluding carboxylic acids is 1. The fourth-order valence-electron chi connectivity index (χ4n) is 2.60. The molecule has 0 aliphatic heterocycles. The molecule has 0 spiro atoms. The predicted octanol–water partition coefficient (Wildman–Crippen LogP) is 3.21. The number of urea groups is 1. The zero-order chi connectivity index (χ0) is 17.7. The van der Waals surface area contributed by atoms with E-state index in [0.717, 1.165) is 38.0 Å². The highest BCUT2D eigenvalue weighted by atomic mass is 32.2. The van der Waals surface area contributed by atoms with E-state index in [-0.39, 0.29) is 17.4 Å². The molecule has 3 N–H and O–H groups in total. The molecule has 1 aliphatic rings. The van der Waals surface area contributed by atoms with Crippen molar-refractivity contribution in [2.45, 2.75) is 38.6 Å². The van der Waals surface area contributed by atoms with E-state index in [2.05, 4.69) is 21.4 Å². The summed E-state index contributed by atoms with van der Waals surface area (Å²) < 4.78 is 38.5. The molecule has 0 unspecified atom stereocenters. The molecule has 1 atom stereocenters. The number of rotatable bonds is 5. The van der Waals surface area contributed by atoms with Crippen LogP contribution < -0.4 is 15.4 Å². The van der Waals surface area contributed by atoms with Gasteiger partial charge in [0.2, 0.25) is 10.0 Å². The van der Waals surface area contributed by atoms with Crippen LogP contribution in [0.25, 0.3) is 0 Å². The highest BCUT2D eigenvalue weighted by molar-refractivity contribution is 7.92. The Bertz CT molecular complexity index is 747. The maximum Gasteiger partial charge on any atom is 0.319 e. The van der Waals surface area contributed by atoms with Crippen molar-refractivity contribution in [3.8, 4) is 0 Å². The molecule has 0 fully saturated rings. The van der Waals surface area contributed by atoms with Crippen LogP contribution in [0.15, 0.2) is 29.8 Å². The smallest absolute Gasteiger partial charge is 0.319 e. The van der Waals surface area contributed by atoms with Gasteiger partial charge in [0.25, 0.3) is 0 Å². The zero-order valence-electron chi connectivity index (χ0n) is 13.7. The number of benzene rings is 1. The van der Waals surface area contributed by atoms with Crippen molar-refractivity contribution in [2.24, 2.45) is 0 Å². The van der Waals surface area contributed by atoms with E-state index in [4.69, 9.17) is 0 Å². The van der Waals surface area contributed by atoms with Crippen LogP contribution in [0.3, 0.4) is 0 Å². The van der Waals surface area contributed by atoms with Crippen molar-refractivity contribution in [3.05, 3.63) is 35.7 Å². The van der Waals surface area contributed by atoms with Crippen LogP contribution in [0.5, 0.6) is 0 Å². The van der Waals surface area contributed by atoms with Crippen molar-refractivity contribution in [1.29, 1.82) is 0 Å². The van der Waals surface area contributed by atoms with Gasteiger partial charge in [-0.25, -0.2) is 17.6 Å². The van der Waals surface area contributed by atoms with E-state index in [1.165, 1.54) is 17.7 Å². The summed E-state index contributed by atoms with van der Waals surface area (Å²) in [5.74, 6) is -0.645. The summed E-state index contributed by atoms with van der Waals surface area (Å²) in [5, 5.41) is 5.19. The second-order valence-electron chi connectivity index (χ2n) is 5.91. The molecule has 0 aromatic heterocycles. The molecule has 1 aromatic rings. The second-order valence-corrected chi connectivity index (χ2v) is 7.66. The van der Waals surface area contributed by atoms with Gasteiger partial charge in [-0.05, 0) is 50.8 Å². The fourth-order valence-corrected chi connectivity index (χ4v) is 3.16. The first-order valence-corrected chi connectivity index (χ1v) is 9.67. The van der Waals surface area contributed by atoms with Gasteiger partial charge in [-0.2, -0.15) is 0 Å². The lowest BCUT2D eigenvalue weighted by atomic mass is 9.95. The molecule has 0 saturated heterocycles. The van der Waals surface area contributed by atoms with Crippen LogP contribution in [-0.2, 0) is 10.0 Å². The number of hydrogen-bond acceptors (Lipinski definition) is 3. The van der Waals surface area contributed by atoms with E-state index in [9.17, 15) is 17.6 Å². The first kappa shape index (κ1) is 18.3. The average molecular weight is 355 g/mol. The summed E-state index contributed by atoms with van der Waals surface area (Å²) in [6.07, 6.45) is 7.35. The van der Waals surface area contributed by atoms with Gasteiger partial charge in [0, 0.05) is 6.04 Å². The minimum Gasteiger partial charge on any atom is -0.332 e. The second kappa shape index (κ2) is 7.65. The molecule has 0 saturated carbocycles. The summed E-state index contributed by atoms with van der Waals surface area (Å²) in [5.41, 5.74) is 1.26. The summed E-state index contributed by atoms with van der Waals surface area (Å²) >= 11 is 0. The first-order valence-electron chi connectivity index (χ1n) is 7.78. The Kier molecular flexibility index (Phi) is 5.82. The Morgan fingerprint density at radius 3 is 2.67 bits per heavy atom. The monoisotopic (exact) mass is 355 g/mol. The molecule has 0 heterocycles. The number of carbonyl (C=O) groups is 1. The maximum absolute atomic E-state index is 13.8. The zero-order valence-corrected chi connectivity index (χ0v) is 14.5. The number of hydrogen-bond donors (Lipinski definition) is 3. The van der Waals surface area contributed by atoms with E-state index in [0.29, 0.717) is 0 Å². The third kappa shape index (κ3) is 5.52. The molecule has 0 bridgehead atoms. The average Bonchev–Trinajstić information content (AvgIpc) is 2.50. The van der Waals surface area contributed by atoms with Crippen LogP contribution >= 0.6 is 0 Å². The summed E-state index contributed by atoms with van der Waals surface area (Å²) in [6.45, 7) is 1.88. The topological polar surface area (TPSA) is 87.3 Å². The lowest BCUT2D eigenvalue weighted by Gasteiger charge is -2.21. The van der Waals surface area contributed by atoms with Gasteiger partial charge in [-0.3, -0.25) is 4.72 Å². The van der Waals surface area contributed by atoms with E-state index in [1.807, 2.05) is 6.92 Å². The van der Waals surface area contributed by atoms with Crippen molar-refractivity contribution in [1.82, 2.24) is 5.32 Å². The fraction of sp³-hybridized carbons (Fsp3) is 0.438. The third-order valence-electron chi connectivity index (χ3n) is 3.75. The lowest BCUT2D eigenvalue weighted by Crippen LogP contribution is -2.37. The van der Waals surface area contributed by atoms with Crippen molar-refractivity contribution in [3.63, 3.8) is 0 Å². The van der Waals surface area contributed by atoms with Gasteiger partial charge < -0.3 is 10.6 Å². The van der Waals surface area contributed by atoms with Gasteiger partial charge >= 0.3 is 6.03 Å². The molecule has 1 aliphatic carbocycles. The maximum atomic E-state index is 13.8. The Morgan fingerprint density at radius 2 is 2.04 bits per heavy atom. The Morgan fingerprint density at radius 1 is 1.29 bits per heavy atom. The number of amides is 2. The quantitative estimate of drug-likeness (QED) is 0.709. The molecule has 132 valence electrons. The van der Waals surface area contributed by atoms with Crippen LogP contribution in [0.1, 0.15) is 32.6 Å². The van der Waals surface area contributed by atoms with Gasteiger partial charge in [-0.15, -0.1) is 0 Å². The third-order valence-corrected chi connectivity index (χ3v) is 4.35. The highest BCUT2D eigenvalue weighted by Gasteiger charge is 2.15. The van der Waals surface area contributed by atoms with Crippen molar-refractivity contribution >= 4 is 27.4 Å². The van der Waals surface area contributed by atoms with E-state index < -0.39 is 21.9 Å². The molecule has 6 nitrogen and oxygen atoms in total. The molecular weight excluding hydrogens is 333 g/mol. The van der Waals surface area contributed by atoms with Crippen LogP contribution in [0.4, 0.5) is 20.6 Å². The minimum atomic E-state index is -3.48. The van der Waals surface area contributed by atoms with Crippen LogP contribution in [0, 0.1) is 5.82 Å². The van der Waals surface area contributed by atoms with Crippen LogP contribution in [0.2, 0.25) is 0 Å². The molecule has 8 heteroatoms. The number of anilines is 2. The SMILES string of the molecule is C[C@@H](NC(=O)Nc1cc(NS(C)(=O)=O)ccc1F)C1=CCCCC1. The highest BCUT2D eigenvalue weighted by Crippen LogP contribution is 2.22. The molecule has 2 rings (SSSR count). The molecular formula is C16H22FN3O3S. The molecule has 2 amide bonds. The van der Waals surface area contributed by atoms with E-state index in [1.54, 1.807) is 0 Å². The van der Waals surface area contributed by atoms with Gasteiger partial charge in [-0.1, -0.05) is 11.6 Å². The molecule has 24 heavy (non-hydrogen) atoms. The van der Waals surface area contributed by atoms with Crippen molar-refractivity contribution in [2.75, 3.05) is 16.3 Å². The summed E-state index contributed by atoms with van der Waals surface area (Å²) in [6, 6.07) is 2.95. The van der Waals surface area contributed by atoms with Gasteiger partial charge in [0.15, 0.2) is 0 Å². The minimum absolute atomic E-state index is 0.0917.